The zero-order chi connectivity index (χ0) is 15.3. The zero-order valence-corrected chi connectivity index (χ0v) is 14.3. The summed E-state index contributed by atoms with van der Waals surface area (Å²) in [4.78, 5) is 1.48. The van der Waals surface area contributed by atoms with Crippen LogP contribution in [0.3, 0.4) is 0 Å². The Morgan fingerprint density at radius 3 is 3.00 bits per heavy atom. The molecule has 0 aliphatic carbocycles. The molecule has 1 unspecified atom stereocenters. The molecule has 0 aromatic carbocycles. The van der Waals surface area contributed by atoms with Crippen molar-refractivity contribution in [2.75, 3.05) is 26.3 Å². The van der Waals surface area contributed by atoms with Crippen molar-refractivity contribution in [2.24, 2.45) is 0 Å². The van der Waals surface area contributed by atoms with Gasteiger partial charge in [0.15, 0.2) is 0 Å². The van der Waals surface area contributed by atoms with Crippen LogP contribution in [-0.2, 0) is 21.3 Å². The van der Waals surface area contributed by atoms with E-state index >= 15 is 0 Å². The van der Waals surface area contributed by atoms with Crippen LogP contribution in [0.25, 0.3) is 0 Å². The molecule has 1 aliphatic heterocycles. The van der Waals surface area contributed by atoms with Gasteiger partial charge in [-0.05, 0) is 25.5 Å². The molecule has 2 heterocycles. The molecule has 120 valence electrons. The van der Waals surface area contributed by atoms with Gasteiger partial charge in [0, 0.05) is 29.4 Å². The number of nitrogens with zero attached hydrogens (tertiary/aromatic N) is 1. The minimum absolute atomic E-state index is 0.0506. The molecule has 2 rings (SSSR count). The molecule has 1 saturated heterocycles. The maximum atomic E-state index is 12.8. The second kappa shape index (κ2) is 7.69. The minimum atomic E-state index is -3.40. The van der Waals surface area contributed by atoms with Gasteiger partial charge in [-0.1, -0.05) is 13.8 Å². The van der Waals surface area contributed by atoms with Crippen LogP contribution >= 0.6 is 11.3 Å². The Bertz CT molecular complexity index is 542. The lowest BCUT2D eigenvalue weighted by Gasteiger charge is -2.33. The number of hydrogen-bond donors (Lipinski definition) is 1. The molecule has 21 heavy (non-hydrogen) atoms. The second-order valence-electron chi connectivity index (χ2n) is 5.18. The third kappa shape index (κ3) is 4.04. The summed E-state index contributed by atoms with van der Waals surface area (Å²) in [5.41, 5.74) is 0. The Balaban J connectivity index is 2.11. The van der Waals surface area contributed by atoms with E-state index in [-0.39, 0.29) is 6.04 Å². The number of hydrogen-bond acceptors (Lipinski definition) is 5. The molecule has 1 aromatic heterocycles. The first-order chi connectivity index (χ1) is 10.1. The number of rotatable bonds is 7. The van der Waals surface area contributed by atoms with E-state index in [1.54, 1.807) is 15.8 Å². The lowest BCUT2D eigenvalue weighted by molar-refractivity contribution is 0.0314. The molecular weight excluding hydrogens is 308 g/mol. The van der Waals surface area contributed by atoms with Crippen molar-refractivity contribution in [2.45, 2.75) is 44.2 Å². The van der Waals surface area contributed by atoms with E-state index in [1.165, 1.54) is 11.3 Å². The molecule has 1 atom stereocenters. The van der Waals surface area contributed by atoms with Gasteiger partial charge in [-0.3, -0.25) is 0 Å². The van der Waals surface area contributed by atoms with Gasteiger partial charge in [0.1, 0.15) is 0 Å². The fourth-order valence-electron chi connectivity index (χ4n) is 2.39. The average molecular weight is 332 g/mol. The Morgan fingerprint density at radius 1 is 1.48 bits per heavy atom. The summed E-state index contributed by atoms with van der Waals surface area (Å²) in [6.45, 7) is 7.20. The Kier molecular flexibility index (Phi) is 6.19. The summed E-state index contributed by atoms with van der Waals surface area (Å²) in [5, 5.41) is 5.05. The SMILES string of the molecule is CCCNCc1cc(S(=O)(=O)N2CCOCC2CC)cs1. The van der Waals surface area contributed by atoms with E-state index < -0.39 is 10.0 Å². The summed E-state index contributed by atoms with van der Waals surface area (Å²) in [5.74, 6) is 0. The van der Waals surface area contributed by atoms with Crippen LogP contribution in [0.1, 0.15) is 31.6 Å². The van der Waals surface area contributed by atoms with Gasteiger partial charge < -0.3 is 10.1 Å². The maximum Gasteiger partial charge on any atom is 0.244 e. The van der Waals surface area contributed by atoms with Crippen molar-refractivity contribution in [1.29, 1.82) is 0 Å². The van der Waals surface area contributed by atoms with Crippen LogP contribution in [0.4, 0.5) is 0 Å². The van der Waals surface area contributed by atoms with Gasteiger partial charge in [-0.15, -0.1) is 11.3 Å². The van der Waals surface area contributed by atoms with Gasteiger partial charge in [-0.25, -0.2) is 8.42 Å². The molecule has 1 N–H and O–H groups in total. The first kappa shape index (κ1) is 16.9. The van der Waals surface area contributed by atoms with Crippen molar-refractivity contribution in [3.8, 4) is 0 Å². The van der Waals surface area contributed by atoms with E-state index in [0.717, 1.165) is 30.8 Å². The smallest absolute Gasteiger partial charge is 0.244 e. The molecule has 1 aromatic rings. The van der Waals surface area contributed by atoms with Gasteiger partial charge in [0.2, 0.25) is 10.0 Å². The van der Waals surface area contributed by atoms with Crippen molar-refractivity contribution >= 4 is 21.4 Å². The zero-order valence-electron chi connectivity index (χ0n) is 12.7. The first-order valence-corrected chi connectivity index (χ1v) is 9.79. The third-order valence-electron chi connectivity index (χ3n) is 3.61. The summed E-state index contributed by atoms with van der Waals surface area (Å²) >= 11 is 1.50. The number of nitrogens with one attached hydrogen (secondary N) is 1. The first-order valence-electron chi connectivity index (χ1n) is 7.47. The molecule has 7 heteroatoms. The van der Waals surface area contributed by atoms with Crippen molar-refractivity contribution in [3.05, 3.63) is 16.3 Å². The van der Waals surface area contributed by atoms with Gasteiger partial charge >= 0.3 is 0 Å². The lowest BCUT2D eigenvalue weighted by Crippen LogP contribution is -2.48. The maximum absolute atomic E-state index is 12.8. The van der Waals surface area contributed by atoms with Crippen LogP contribution in [0.15, 0.2) is 16.3 Å². The predicted octanol–water partition coefficient (Wildman–Crippen LogP) is 2.05. The molecule has 0 spiro atoms. The lowest BCUT2D eigenvalue weighted by atomic mass is 10.2. The monoisotopic (exact) mass is 332 g/mol. The highest BCUT2D eigenvalue weighted by Gasteiger charge is 2.33. The molecule has 5 nitrogen and oxygen atoms in total. The van der Waals surface area contributed by atoms with Crippen LogP contribution in [-0.4, -0.2) is 45.1 Å². The summed E-state index contributed by atoms with van der Waals surface area (Å²) < 4.78 is 32.5. The van der Waals surface area contributed by atoms with E-state index in [2.05, 4.69) is 12.2 Å². The summed E-state index contributed by atoms with van der Waals surface area (Å²) in [6, 6.07) is 1.75. The highest BCUT2D eigenvalue weighted by molar-refractivity contribution is 7.89. The number of sulfonamides is 1. The number of morpholine rings is 1. The van der Waals surface area contributed by atoms with E-state index in [1.807, 2.05) is 6.92 Å². The summed E-state index contributed by atoms with van der Waals surface area (Å²) in [6.07, 6.45) is 1.84. The Hall–Kier alpha value is -0.470. The van der Waals surface area contributed by atoms with Gasteiger partial charge in [0.25, 0.3) is 0 Å². The quantitative estimate of drug-likeness (QED) is 0.777. The van der Waals surface area contributed by atoms with E-state index in [0.29, 0.717) is 24.7 Å². The highest BCUT2D eigenvalue weighted by atomic mass is 32.2. The predicted molar refractivity (Wildman–Crippen MR) is 85.1 cm³/mol. The molecular formula is C14H24N2O3S2. The minimum Gasteiger partial charge on any atom is -0.378 e. The van der Waals surface area contributed by atoms with E-state index in [9.17, 15) is 8.42 Å². The van der Waals surface area contributed by atoms with Crippen molar-refractivity contribution < 1.29 is 13.2 Å². The molecule has 0 bridgehead atoms. The second-order valence-corrected chi connectivity index (χ2v) is 8.06. The molecule has 0 amide bonds. The Labute approximate surface area is 131 Å². The normalized spacial score (nSPS) is 20.8. The fourth-order valence-corrected chi connectivity index (χ4v) is 5.29. The standard InChI is InChI=1S/C14H24N2O3S2/c1-3-5-15-9-13-8-14(11-20-13)21(17,18)16-6-7-19-10-12(16)4-2/h8,11-12,15H,3-7,9-10H2,1-2H3. The molecule has 1 aliphatic rings. The van der Waals surface area contributed by atoms with Gasteiger partial charge in [-0.2, -0.15) is 4.31 Å². The molecule has 1 fully saturated rings. The largest absolute Gasteiger partial charge is 0.378 e. The van der Waals surface area contributed by atoms with Crippen LogP contribution in [0, 0.1) is 0 Å². The number of ether oxygens (including phenoxy) is 1. The summed E-state index contributed by atoms with van der Waals surface area (Å²) in [7, 11) is -3.40. The third-order valence-corrected chi connectivity index (χ3v) is 6.62. The molecule has 0 radical (unpaired) electrons. The van der Waals surface area contributed by atoms with Crippen molar-refractivity contribution in [3.63, 3.8) is 0 Å². The van der Waals surface area contributed by atoms with Crippen molar-refractivity contribution in [1.82, 2.24) is 9.62 Å². The number of thiophene rings is 1. The van der Waals surface area contributed by atoms with Crippen LogP contribution < -0.4 is 5.32 Å². The van der Waals surface area contributed by atoms with Crippen LogP contribution in [0.5, 0.6) is 0 Å². The topological polar surface area (TPSA) is 58.6 Å². The fraction of sp³-hybridized carbons (Fsp3) is 0.714. The average Bonchev–Trinajstić information content (AvgIpc) is 2.97. The van der Waals surface area contributed by atoms with Gasteiger partial charge in [0.05, 0.1) is 18.1 Å². The Morgan fingerprint density at radius 2 is 2.29 bits per heavy atom. The molecule has 0 saturated carbocycles. The van der Waals surface area contributed by atoms with E-state index in [4.69, 9.17) is 4.74 Å². The van der Waals surface area contributed by atoms with Crippen LogP contribution in [0.2, 0.25) is 0 Å². The highest BCUT2D eigenvalue weighted by Crippen LogP contribution is 2.26.